The normalized spacial score (nSPS) is 13.3. The summed E-state index contributed by atoms with van der Waals surface area (Å²) in [4.78, 5) is 24.1. The lowest BCUT2D eigenvalue weighted by Crippen LogP contribution is -2.28. The van der Waals surface area contributed by atoms with E-state index in [1.165, 1.54) is 0 Å². The molecule has 0 radical (unpaired) electrons. The summed E-state index contributed by atoms with van der Waals surface area (Å²) in [7, 11) is 1.64. The van der Waals surface area contributed by atoms with Crippen LogP contribution in [0.3, 0.4) is 0 Å². The fourth-order valence-electron chi connectivity index (χ4n) is 3.61. The molecule has 152 valence electrons. The number of anilines is 2. The molecule has 1 aliphatic heterocycles. The minimum atomic E-state index is 0. The maximum Gasteiger partial charge on any atom is 0.257 e. The van der Waals surface area contributed by atoms with Crippen molar-refractivity contribution in [2.45, 2.75) is 26.7 Å². The predicted octanol–water partition coefficient (Wildman–Crippen LogP) is 4.66. The van der Waals surface area contributed by atoms with Crippen LogP contribution in [-0.4, -0.2) is 41.0 Å². The fraction of sp³-hybridized carbons (Fsp3) is 0.318. The van der Waals surface area contributed by atoms with Gasteiger partial charge in [-0.1, -0.05) is 6.07 Å². The first kappa shape index (κ1) is 20.9. The lowest BCUT2D eigenvalue weighted by atomic mass is 10.1. The summed E-state index contributed by atoms with van der Waals surface area (Å²) in [6.07, 6.45) is 3.73. The summed E-state index contributed by atoms with van der Waals surface area (Å²) in [5, 5.41) is 4.27. The lowest BCUT2D eigenvalue weighted by Gasteiger charge is -2.20. The zero-order valence-corrected chi connectivity index (χ0v) is 17.7. The van der Waals surface area contributed by atoms with Crippen molar-refractivity contribution in [1.29, 1.82) is 0 Å². The van der Waals surface area contributed by atoms with Crippen LogP contribution in [-0.2, 0) is 0 Å². The van der Waals surface area contributed by atoms with Crippen LogP contribution in [0.25, 0.3) is 11.0 Å². The van der Waals surface area contributed by atoms with Crippen LogP contribution in [0, 0.1) is 13.8 Å². The number of amides is 1. The highest BCUT2D eigenvalue weighted by Crippen LogP contribution is 2.34. The molecule has 2 aromatic heterocycles. The molecule has 0 unspecified atom stereocenters. The van der Waals surface area contributed by atoms with E-state index in [4.69, 9.17) is 4.74 Å². The second-order valence-electron chi connectivity index (χ2n) is 7.20. The van der Waals surface area contributed by atoms with Crippen LogP contribution in [0.15, 0.2) is 36.5 Å². The van der Waals surface area contributed by atoms with E-state index in [9.17, 15) is 4.79 Å². The Kier molecular flexibility index (Phi) is 6.23. The smallest absolute Gasteiger partial charge is 0.257 e. The number of halogens is 1. The summed E-state index contributed by atoms with van der Waals surface area (Å²) in [6, 6.07) is 9.83. The third-order valence-electron chi connectivity index (χ3n) is 5.11. The number of benzene rings is 1. The molecule has 0 bridgehead atoms. The zero-order valence-electron chi connectivity index (χ0n) is 16.9. The van der Waals surface area contributed by atoms with Gasteiger partial charge in [0, 0.05) is 30.4 Å². The van der Waals surface area contributed by atoms with Gasteiger partial charge in [-0.15, -0.1) is 12.4 Å². The highest BCUT2D eigenvalue weighted by atomic mass is 35.5. The maximum atomic E-state index is 13.2. The molecule has 7 heteroatoms. The van der Waals surface area contributed by atoms with Crippen LogP contribution in [0.1, 0.15) is 34.5 Å². The summed E-state index contributed by atoms with van der Waals surface area (Å²) in [5.41, 5.74) is 4.70. The number of rotatable bonds is 4. The van der Waals surface area contributed by atoms with Gasteiger partial charge < -0.3 is 15.0 Å². The number of pyridine rings is 2. The Morgan fingerprint density at radius 3 is 2.62 bits per heavy atom. The Morgan fingerprint density at radius 1 is 1.14 bits per heavy atom. The number of hydrogen-bond donors (Lipinski definition) is 1. The molecule has 6 nitrogen and oxygen atoms in total. The number of aromatic nitrogens is 2. The van der Waals surface area contributed by atoms with Crippen molar-refractivity contribution in [2.75, 3.05) is 25.5 Å². The zero-order chi connectivity index (χ0) is 19.7. The number of likely N-dealkylation sites (tertiary alicyclic amines) is 1. The van der Waals surface area contributed by atoms with E-state index in [2.05, 4.69) is 15.3 Å². The molecular weight excluding hydrogens is 388 g/mol. The number of nitrogens with one attached hydrogen (secondary N) is 1. The molecule has 0 saturated carbocycles. The van der Waals surface area contributed by atoms with Gasteiger partial charge in [0.1, 0.15) is 5.75 Å². The van der Waals surface area contributed by atoms with Crippen LogP contribution in [0.4, 0.5) is 11.4 Å². The molecule has 0 atom stereocenters. The van der Waals surface area contributed by atoms with Crippen LogP contribution >= 0.6 is 12.4 Å². The number of methoxy groups -OCH3 is 1. The summed E-state index contributed by atoms with van der Waals surface area (Å²) >= 11 is 0. The van der Waals surface area contributed by atoms with Crippen molar-refractivity contribution in [3.05, 3.63) is 53.3 Å². The first-order valence-electron chi connectivity index (χ1n) is 9.54. The Morgan fingerprint density at radius 2 is 1.90 bits per heavy atom. The van der Waals surface area contributed by atoms with Gasteiger partial charge in [-0.2, -0.15) is 0 Å². The predicted molar refractivity (Wildman–Crippen MR) is 118 cm³/mol. The molecule has 1 fully saturated rings. The van der Waals surface area contributed by atoms with E-state index in [1.54, 1.807) is 13.3 Å². The van der Waals surface area contributed by atoms with Gasteiger partial charge in [-0.25, -0.2) is 9.97 Å². The number of nitrogens with zero attached hydrogens (tertiary/aromatic N) is 3. The molecule has 3 heterocycles. The second-order valence-corrected chi connectivity index (χ2v) is 7.20. The quantitative estimate of drug-likeness (QED) is 0.675. The Bertz CT molecular complexity index is 1050. The number of carbonyl (C=O) groups excluding carboxylic acids is 1. The summed E-state index contributed by atoms with van der Waals surface area (Å²) in [6.45, 7) is 5.53. The minimum Gasteiger partial charge on any atom is -0.495 e. The lowest BCUT2D eigenvalue weighted by molar-refractivity contribution is 0.0793. The number of hydrogen-bond acceptors (Lipinski definition) is 5. The van der Waals surface area contributed by atoms with Crippen molar-refractivity contribution in [3.63, 3.8) is 0 Å². The average molecular weight is 413 g/mol. The van der Waals surface area contributed by atoms with Gasteiger partial charge in [0.15, 0.2) is 5.65 Å². The van der Waals surface area contributed by atoms with Gasteiger partial charge in [-0.3, -0.25) is 4.79 Å². The van der Waals surface area contributed by atoms with E-state index < -0.39 is 0 Å². The first-order valence-corrected chi connectivity index (χ1v) is 9.54. The average Bonchev–Trinajstić information content (AvgIpc) is 3.22. The van der Waals surface area contributed by atoms with Crippen LogP contribution in [0.2, 0.25) is 0 Å². The van der Waals surface area contributed by atoms with E-state index in [-0.39, 0.29) is 18.3 Å². The van der Waals surface area contributed by atoms with Crippen molar-refractivity contribution >= 4 is 40.7 Å². The highest BCUT2D eigenvalue weighted by molar-refractivity contribution is 6.07. The number of fused-ring (bicyclic) bond motifs is 1. The van der Waals surface area contributed by atoms with Gasteiger partial charge in [0.05, 0.1) is 24.0 Å². The Labute approximate surface area is 176 Å². The molecule has 29 heavy (non-hydrogen) atoms. The van der Waals surface area contributed by atoms with Crippen LogP contribution in [0.5, 0.6) is 5.75 Å². The van der Waals surface area contributed by atoms with Gasteiger partial charge in [0.2, 0.25) is 0 Å². The Balaban J connectivity index is 0.00000240. The third-order valence-corrected chi connectivity index (χ3v) is 5.11. The SMILES string of the molecule is COc1ccc(C)cc1Nc1c(C(=O)N2CCCC2)cnc2nc(C)ccc12.Cl. The summed E-state index contributed by atoms with van der Waals surface area (Å²) in [5.74, 6) is 0.719. The summed E-state index contributed by atoms with van der Waals surface area (Å²) < 4.78 is 5.51. The van der Waals surface area contributed by atoms with E-state index >= 15 is 0 Å². The number of carbonyl (C=O) groups is 1. The molecule has 3 aromatic rings. The molecule has 0 spiro atoms. The molecule has 1 aromatic carbocycles. The largest absolute Gasteiger partial charge is 0.495 e. The molecule has 1 saturated heterocycles. The standard InChI is InChI=1S/C22H24N4O2.ClH/c1-14-6-9-19(28-3)18(12-14)25-20-16-8-7-15(2)24-21(16)23-13-17(20)22(27)26-10-4-5-11-26;/h6-9,12-13H,4-5,10-11H2,1-3H3,(H,23,24,25);1H. The van der Waals surface area contributed by atoms with Crippen LogP contribution < -0.4 is 10.1 Å². The minimum absolute atomic E-state index is 0. The van der Waals surface area contributed by atoms with Crippen molar-refractivity contribution in [1.82, 2.24) is 14.9 Å². The third kappa shape index (κ3) is 4.12. The molecule has 0 aliphatic carbocycles. The molecule has 1 aliphatic rings. The number of ether oxygens (including phenoxy) is 1. The topological polar surface area (TPSA) is 67.3 Å². The first-order chi connectivity index (χ1) is 13.6. The van der Waals surface area contributed by atoms with E-state index in [0.29, 0.717) is 11.2 Å². The molecule has 1 amide bonds. The van der Waals surface area contributed by atoms with Gasteiger partial charge >= 0.3 is 0 Å². The molecule has 4 rings (SSSR count). The van der Waals surface area contributed by atoms with Gasteiger partial charge in [0.25, 0.3) is 5.91 Å². The van der Waals surface area contributed by atoms with Crippen molar-refractivity contribution in [2.24, 2.45) is 0 Å². The van der Waals surface area contributed by atoms with E-state index in [0.717, 1.165) is 59.7 Å². The monoisotopic (exact) mass is 412 g/mol. The second kappa shape index (κ2) is 8.66. The molecular formula is C22H25ClN4O2. The number of aryl methyl sites for hydroxylation is 2. The van der Waals surface area contributed by atoms with Crippen molar-refractivity contribution in [3.8, 4) is 5.75 Å². The molecule has 1 N–H and O–H groups in total. The Hall–Kier alpha value is -2.86. The fourth-order valence-corrected chi connectivity index (χ4v) is 3.61. The maximum absolute atomic E-state index is 13.2. The highest BCUT2D eigenvalue weighted by Gasteiger charge is 2.24. The van der Waals surface area contributed by atoms with E-state index in [1.807, 2.05) is 49.1 Å². The van der Waals surface area contributed by atoms with Gasteiger partial charge in [-0.05, 0) is 56.5 Å². The van der Waals surface area contributed by atoms with Crippen molar-refractivity contribution < 1.29 is 9.53 Å².